The van der Waals surface area contributed by atoms with Gasteiger partial charge in [-0.15, -0.1) is 0 Å². The average molecular weight is 342 g/mol. The number of methoxy groups -OCH3 is 1. The lowest BCUT2D eigenvalue weighted by Crippen LogP contribution is -2.23. The summed E-state index contributed by atoms with van der Waals surface area (Å²) in [5.74, 6) is 0.518. The molecule has 2 aromatic carbocycles. The molecule has 1 heterocycles. The van der Waals surface area contributed by atoms with Gasteiger partial charge in [-0.25, -0.2) is 0 Å². The number of benzene rings is 2. The molecule has 0 bridgehead atoms. The third kappa shape index (κ3) is 3.41. The molecule has 0 saturated carbocycles. The Morgan fingerprint density at radius 1 is 1.25 bits per heavy atom. The van der Waals surface area contributed by atoms with Gasteiger partial charge in [0.15, 0.2) is 0 Å². The van der Waals surface area contributed by atoms with E-state index in [9.17, 15) is 4.79 Å². The Morgan fingerprint density at radius 3 is 2.88 bits per heavy atom. The molecule has 6 heteroatoms. The van der Waals surface area contributed by atoms with Gasteiger partial charge < -0.3 is 10.1 Å². The zero-order valence-corrected chi connectivity index (χ0v) is 13.8. The van der Waals surface area contributed by atoms with Crippen molar-refractivity contribution in [3.05, 3.63) is 70.9 Å². The molecular formula is C18H16ClN3O2. The summed E-state index contributed by atoms with van der Waals surface area (Å²) >= 11 is 6.02. The number of halogens is 1. The Hall–Kier alpha value is -2.79. The molecule has 0 radical (unpaired) electrons. The highest BCUT2D eigenvalue weighted by Gasteiger charge is 2.15. The SMILES string of the molecule is COc1ccccc1CNC(=O)c1cn[nH]c1-c1cccc(Cl)c1. The number of nitrogens with one attached hydrogen (secondary N) is 2. The van der Waals surface area contributed by atoms with Gasteiger partial charge in [0.25, 0.3) is 5.91 Å². The second-order valence-electron chi connectivity index (χ2n) is 5.16. The maximum Gasteiger partial charge on any atom is 0.255 e. The maximum atomic E-state index is 12.5. The lowest BCUT2D eigenvalue weighted by Gasteiger charge is -2.09. The molecule has 1 aromatic heterocycles. The van der Waals surface area contributed by atoms with Crippen LogP contribution in [-0.2, 0) is 6.54 Å². The van der Waals surface area contributed by atoms with Gasteiger partial charge in [0.1, 0.15) is 5.75 Å². The van der Waals surface area contributed by atoms with Gasteiger partial charge in [-0.3, -0.25) is 9.89 Å². The molecule has 0 fully saturated rings. The summed E-state index contributed by atoms with van der Waals surface area (Å²) in [7, 11) is 1.61. The second kappa shape index (κ2) is 7.19. The molecule has 1 amide bonds. The predicted molar refractivity (Wildman–Crippen MR) is 93.2 cm³/mol. The van der Waals surface area contributed by atoms with Crippen LogP contribution in [0.2, 0.25) is 5.02 Å². The Balaban J connectivity index is 1.78. The lowest BCUT2D eigenvalue weighted by atomic mass is 10.1. The Bertz CT molecular complexity index is 861. The number of carbonyl (C=O) groups excluding carboxylic acids is 1. The van der Waals surface area contributed by atoms with Crippen molar-refractivity contribution >= 4 is 17.5 Å². The van der Waals surface area contributed by atoms with Gasteiger partial charge in [0.05, 0.1) is 24.6 Å². The van der Waals surface area contributed by atoms with E-state index in [4.69, 9.17) is 16.3 Å². The predicted octanol–water partition coefficient (Wildman–Crippen LogP) is 3.67. The van der Waals surface area contributed by atoms with E-state index in [0.717, 1.165) is 16.9 Å². The second-order valence-corrected chi connectivity index (χ2v) is 5.60. The molecule has 3 rings (SSSR count). The fourth-order valence-corrected chi connectivity index (χ4v) is 2.63. The van der Waals surface area contributed by atoms with E-state index in [-0.39, 0.29) is 5.91 Å². The molecule has 0 saturated heterocycles. The van der Waals surface area contributed by atoms with Gasteiger partial charge in [0, 0.05) is 22.7 Å². The largest absolute Gasteiger partial charge is 0.496 e. The first-order valence-corrected chi connectivity index (χ1v) is 7.76. The van der Waals surface area contributed by atoms with Crippen molar-refractivity contribution in [2.24, 2.45) is 0 Å². The Morgan fingerprint density at radius 2 is 2.08 bits per heavy atom. The van der Waals surface area contributed by atoms with Crippen molar-refractivity contribution in [3.63, 3.8) is 0 Å². The molecule has 0 aliphatic carbocycles. The van der Waals surface area contributed by atoms with Crippen LogP contribution >= 0.6 is 11.6 Å². The van der Waals surface area contributed by atoms with Crippen LogP contribution in [0.3, 0.4) is 0 Å². The van der Waals surface area contributed by atoms with Gasteiger partial charge in [-0.1, -0.05) is 41.9 Å². The van der Waals surface area contributed by atoms with Crippen LogP contribution in [0.15, 0.2) is 54.7 Å². The van der Waals surface area contributed by atoms with Gasteiger partial charge in [-0.05, 0) is 18.2 Å². The molecule has 2 N–H and O–H groups in total. The highest BCUT2D eigenvalue weighted by Crippen LogP contribution is 2.24. The minimum atomic E-state index is -0.218. The van der Waals surface area contributed by atoms with Crippen molar-refractivity contribution in [1.29, 1.82) is 0 Å². The molecule has 0 atom stereocenters. The number of H-pyrrole nitrogens is 1. The van der Waals surface area contributed by atoms with Crippen LogP contribution in [0.1, 0.15) is 15.9 Å². The summed E-state index contributed by atoms with van der Waals surface area (Å²) in [4.78, 5) is 12.5. The highest BCUT2D eigenvalue weighted by atomic mass is 35.5. The fraction of sp³-hybridized carbons (Fsp3) is 0.111. The number of ether oxygens (including phenoxy) is 1. The third-order valence-corrected chi connectivity index (χ3v) is 3.86. The Labute approximate surface area is 144 Å². The van der Waals surface area contributed by atoms with E-state index in [1.165, 1.54) is 6.20 Å². The number of aromatic amines is 1. The number of amides is 1. The van der Waals surface area contributed by atoms with Gasteiger partial charge >= 0.3 is 0 Å². The number of hydrogen-bond donors (Lipinski definition) is 2. The summed E-state index contributed by atoms with van der Waals surface area (Å²) in [6, 6.07) is 14.8. The van der Waals surface area contributed by atoms with Gasteiger partial charge in [0.2, 0.25) is 0 Å². The first-order valence-electron chi connectivity index (χ1n) is 7.38. The summed E-state index contributed by atoms with van der Waals surface area (Å²) < 4.78 is 5.29. The Kier molecular flexibility index (Phi) is 4.82. The summed E-state index contributed by atoms with van der Waals surface area (Å²) in [5.41, 5.74) is 2.81. The van der Waals surface area contributed by atoms with Crippen LogP contribution in [0, 0.1) is 0 Å². The maximum absolute atomic E-state index is 12.5. The molecule has 3 aromatic rings. The summed E-state index contributed by atoms with van der Waals surface area (Å²) in [6.07, 6.45) is 1.51. The molecule has 24 heavy (non-hydrogen) atoms. The zero-order chi connectivity index (χ0) is 16.9. The molecule has 0 spiro atoms. The first-order chi connectivity index (χ1) is 11.7. The standard InChI is InChI=1S/C18H16ClN3O2/c1-24-16-8-3-2-5-13(16)10-20-18(23)15-11-21-22-17(15)12-6-4-7-14(19)9-12/h2-9,11H,10H2,1H3,(H,20,23)(H,21,22). The molecule has 0 aliphatic rings. The van der Waals surface area contributed by atoms with E-state index in [1.807, 2.05) is 36.4 Å². The van der Waals surface area contributed by atoms with E-state index in [0.29, 0.717) is 22.8 Å². The number of hydrogen-bond acceptors (Lipinski definition) is 3. The van der Waals surface area contributed by atoms with Crippen molar-refractivity contribution in [2.75, 3.05) is 7.11 Å². The normalized spacial score (nSPS) is 10.4. The number of para-hydroxylation sites is 1. The average Bonchev–Trinajstić information content (AvgIpc) is 3.09. The minimum Gasteiger partial charge on any atom is -0.496 e. The smallest absolute Gasteiger partial charge is 0.255 e. The van der Waals surface area contributed by atoms with Gasteiger partial charge in [-0.2, -0.15) is 5.10 Å². The van der Waals surface area contributed by atoms with Crippen LogP contribution < -0.4 is 10.1 Å². The highest BCUT2D eigenvalue weighted by molar-refractivity contribution is 6.30. The summed E-state index contributed by atoms with van der Waals surface area (Å²) in [6.45, 7) is 0.364. The monoisotopic (exact) mass is 341 g/mol. The van der Waals surface area contributed by atoms with E-state index in [2.05, 4.69) is 15.5 Å². The van der Waals surface area contributed by atoms with E-state index >= 15 is 0 Å². The molecule has 0 aliphatic heterocycles. The zero-order valence-electron chi connectivity index (χ0n) is 13.0. The molecule has 5 nitrogen and oxygen atoms in total. The first kappa shape index (κ1) is 16.1. The molecular weight excluding hydrogens is 326 g/mol. The van der Waals surface area contributed by atoms with E-state index in [1.54, 1.807) is 19.2 Å². The minimum absolute atomic E-state index is 0.218. The van der Waals surface area contributed by atoms with Crippen LogP contribution in [-0.4, -0.2) is 23.2 Å². The number of carbonyl (C=O) groups is 1. The molecule has 122 valence electrons. The lowest BCUT2D eigenvalue weighted by molar-refractivity contribution is 0.0951. The van der Waals surface area contributed by atoms with Crippen LogP contribution in [0.4, 0.5) is 0 Å². The summed E-state index contributed by atoms with van der Waals surface area (Å²) in [5, 5.41) is 10.3. The third-order valence-electron chi connectivity index (χ3n) is 3.63. The molecule has 0 unspecified atom stereocenters. The fourth-order valence-electron chi connectivity index (χ4n) is 2.44. The quantitative estimate of drug-likeness (QED) is 0.744. The van der Waals surface area contributed by atoms with E-state index < -0.39 is 0 Å². The topological polar surface area (TPSA) is 67.0 Å². The number of aromatic nitrogens is 2. The van der Waals surface area contributed by atoms with Crippen LogP contribution in [0.25, 0.3) is 11.3 Å². The van der Waals surface area contributed by atoms with Crippen molar-refractivity contribution in [1.82, 2.24) is 15.5 Å². The number of nitrogens with zero attached hydrogens (tertiary/aromatic N) is 1. The van der Waals surface area contributed by atoms with Crippen molar-refractivity contribution in [3.8, 4) is 17.0 Å². The van der Waals surface area contributed by atoms with Crippen LogP contribution in [0.5, 0.6) is 5.75 Å². The van der Waals surface area contributed by atoms with Crippen molar-refractivity contribution in [2.45, 2.75) is 6.54 Å². The number of rotatable bonds is 5. The van der Waals surface area contributed by atoms with Crippen molar-refractivity contribution < 1.29 is 9.53 Å².